The summed E-state index contributed by atoms with van der Waals surface area (Å²) in [6.07, 6.45) is 1.51. The number of amidine groups is 2. The van der Waals surface area contributed by atoms with Crippen LogP contribution in [0.3, 0.4) is 0 Å². The molecule has 4 heterocycles. The summed E-state index contributed by atoms with van der Waals surface area (Å²) in [6.45, 7) is 16.2. The van der Waals surface area contributed by atoms with E-state index < -0.39 is 0 Å². The summed E-state index contributed by atoms with van der Waals surface area (Å²) in [5.74, 6) is 1.17. The van der Waals surface area contributed by atoms with E-state index in [0.29, 0.717) is 67.3 Å². The van der Waals surface area contributed by atoms with Gasteiger partial charge in [0, 0.05) is 32.4 Å². The van der Waals surface area contributed by atoms with E-state index in [1.807, 2.05) is 4.90 Å². The Labute approximate surface area is 214 Å². The monoisotopic (exact) mass is 513 g/mol. The quantitative estimate of drug-likeness (QED) is 0.559. The molecule has 2 aliphatic rings. The number of halogens is 1. The number of nitrogens with zero attached hydrogens (tertiary/aromatic N) is 9. The molecule has 0 radical (unpaired) electrons. The van der Waals surface area contributed by atoms with E-state index in [1.54, 1.807) is 11.0 Å². The van der Waals surface area contributed by atoms with E-state index in [4.69, 9.17) is 21.1 Å². The van der Waals surface area contributed by atoms with Crippen LogP contribution >= 0.6 is 11.6 Å². The van der Waals surface area contributed by atoms with Crippen molar-refractivity contribution in [3.8, 4) is 17.3 Å². The minimum Gasteiger partial charge on any atom is -0.494 e. The molecule has 36 heavy (non-hydrogen) atoms. The first kappa shape index (κ1) is 25.3. The fourth-order valence-electron chi connectivity index (χ4n) is 3.67. The number of carbonyl (C=O) groups is 1. The number of hydrogen-bond acceptors (Lipinski definition) is 9. The van der Waals surface area contributed by atoms with Crippen molar-refractivity contribution in [2.24, 2.45) is 15.4 Å². The predicted molar refractivity (Wildman–Crippen MR) is 135 cm³/mol. The van der Waals surface area contributed by atoms with Gasteiger partial charge in [-0.25, -0.2) is 9.98 Å². The van der Waals surface area contributed by atoms with Crippen LogP contribution in [0.25, 0.3) is 11.5 Å². The van der Waals surface area contributed by atoms with Gasteiger partial charge in [-0.05, 0) is 16.7 Å². The van der Waals surface area contributed by atoms with Crippen LogP contribution in [0.1, 0.15) is 31.1 Å². The third-order valence-corrected chi connectivity index (χ3v) is 5.41. The topological polar surface area (TPSA) is 123 Å². The van der Waals surface area contributed by atoms with E-state index in [0.717, 1.165) is 0 Å². The summed E-state index contributed by atoms with van der Waals surface area (Å²) in [6, 6.07) is 2.03. The van der Waals surface area contributed by atoms with Gasteiger partial charge in [-0.2, -0.15) is 9.79 Å². The molecule has 0 aliphatic carbocycles. The third-order valence-electron chi connectivity index (χ3n) is 5.33. The number of piperazine rings is 1. The molecule has 1 fully saturated rings. The maximum atomic E-state index is 13.2. The minimum atomic E-state index is -0.157. The van der Waals surface area contributed by atoms with Crippen molar-refractivity contribution >= 4 is 29.4 Å². The predicted octanol–water partition coefficient (Wildman–Crippen LogP) is 2.56. The smallest absolute Gasteiger partial charge is 0.300 e. The van der Waals surface area contributed by atoms with Crippen molar-refractivity contribution in [3.63, 3.8) is 0 Å². The highest BCUT2D eigenvalue weighted by molar-refractivity contribution is 6.30. The number of tetrazole rings is 1. The van der Waals surface area contributed by atoms with Crippen LogP contribution in [0.4, 0.5) is 0 Å². The third kappa shape index (κ3) is 5.70. The van der Waals surface area contributed by atoms with Gasteiger partial charge in [-0.3, -0.25) is 4.79 Å². The Hall–Kier alpha value is -3.80. The molecule has 4 rings (SSSR count). The molecule has 0 N–H and O–H groups in total. The zero-order valence-electron chi connectivity index (χ0n) is 20.7. The van der Waals surface area contributed by atoms with Crippen molar-refractivity contribution < 1.29 is 14.3 Å². The fourth-order valence-corrected chi connectivity index (χ4v) is 3.75. The Bertz CT molecular complexity index is 1250. The second-order valence-electron chi connectivity index (χ2n) is 9.49. The van der Waals surface area contributed by atoms with Crippen LogP contribution in [-0.2, 0) is 11.3 Å². The molecule has 0 spiro atoms. The second kappa shape index (κ2) is 10.1. The van der Waals surface area contributed by atoms with E-state index in [-0.39, 0.29) is 22.3 Å². The number of aliphatic imine (C=N–C) groups is 2. The zero-order chi connectivity index (χ0) is 26.0. The molecule has 12 nitrogen and oxygen atoms in total. The lowest BCUT2D eigenvalue weighted by Crippen LogP contribution is -2.50. The molecule has 2 aliphatic heterocycles. The van der Waals surface area contributed by atoms with Crippen molar-refractivity contribution in [3.05, 3.63) is 41.9 Å². The maximum Gasteiger partial charge on any atom is 0.300 e. The Morgan fingerprint density at radius 3 is 2.64 bits per heavy atom. The number of hydrogen-bond donors (Lipinski definition) is 0. The average Bonchev–Trinajstić information content (AvgIpc) is 3.43. The molecule has 0 aromatic carbocycles. The molecule has 0 unspecified atom stereocenters. The molecular formula is C23H28ClN9O3. The molecule has 1 amide bonds. The number of amides is 1. The Morgan fingerprint density at radius 2 is 2.00 bits per heavy atom. The lowest BCUT2D eigenvalue weighted by molar-refractivity contribution is 0.0678. The van der Waals surface area contributed by atoms with Gasteiger partial charge in [0.2, 0.25) is 11.7 Å². The van der Waals surface area contributed by atoms with Gasteiger partial charge in [0.25, 0.3) is 11.9 Å². The van der Waals surface area contributed by atoms with Crippen molar-refractivity contribution in [1.82, 2.24) is 35.0 Å². The lowest BCUT2D eigenvalue weighted by atomic mass is 9.97. The number of rotatable bonds is 5. The van der Waals surface area contributed by atoms with Gasteiger partial charge < -0.3 is 19.3 Å². The van der Waals surface area contributed by atoms with Gasteiger partial charge in [0.15, 0.2) is 11.5 Å². The van der Waals surface area contributed by atoms with E-state index in [9.17, 15) is 4.79 Å². The summed E-state index contributed by atoms with van der Waals surface area (Å²) in [4.78, 5) is 31.1. The first-order valence-electron chi connectivity index (χ1n) is 11.3. The van der Waals surface area contributed by atoms with E-state index in [2.05, 4.69) is 64.3 Å². The minimum absolute atomic E-state index is 0.00453. The molecule has 190 valence electrons. The van der Waals surface area contributed by atoms with Crippen molar-refractivity contribution in [1.29, 1.82) is 0 Å². The first-order valence-corrected chi connectivity index (χ1v) is 11.7. The zero-order valence-corrected chi connectivity index (χ0v) is 21.5. The van der Waals surface area contributed by atoms with E-state index >= 15 is 0 Å². The number of aromatic nitrogens is 5. The molecule has 13 heteroatoms. The van der Waals surface area contributed by atoms with Crippen LogP contribution in [-0.4, -0.2) is 86.0 Å². The average molecular weight is 514 g/mol. The van der Waals surface area contributed by atoms with Gasteiger partial charge in [0.05, 0.1) is 19.2 Å². The van der Waals surface area contributed by atoms with E-state index in [1.165, 1.54) is 18.1 Å². The highest BCUT2D eigenvalue weighted by atomic mass is 35.5. The van der Waals surface area contributed by atoms with Gasteiger partial charge in [-0.15, -0.1) is 10.2 Å². The summed E-state index contributed by atoms with van der Waals surface area (Å²) < 4.78 is 11.1. The highest BCUT2D eigenvalue weighted by Gasteiger charge is 2.30. The Morgan fingerprint density at radius 1 is 1.28 bits per heavy atom. The first-order chi connectivity index (χ1) is 17.0. The summed E-state index contributed by atoms with van der Waals surface area (Å²) in [5, 5.41) is 12.7. The normalized spacial score (nSPS) is 17.3. The Kier molecular flexibility index (Phi) is 7.07. The number of ether oxygens (including phenoxy) is 2. The van der Waals surface area contributed by atoms with Crippen LogP contribution in [0.15, 0.2) is 46.3 Å². The molecule has 2 aromatic heterocycles. The lowest BCUT2D eigenvalue weighted by Gasteiger charge is -2.34. The van der Waals surface area contributed by atoms with Crippen molar-refractivity contribution in [2.45, 2.75) is 27.3 Å². The molecule has 1 saturated heterocycles. The van der Waals surface area contributed by atoms with Gasteiger partial charge >= 0.3 is 0 Å². The van der Waals surface area contributed by atoms with Crippen molar-refractivity contribution in [2.75, 3.05) is 33.3 Å². The highest BCUT2D eigenvalue weighted by Crippen LogP contribution is 2.27. The molecular weight excluding hydrogens is 486 g/mol. The van der Waals surface area contributed by atoms with Crippen LogP contribution in [0.2, 0.25) is 0 Å². The largest absolute Gasteiger partial charge is 0.494 e. The maximum absolute atomic E-state index is 13.2. The standard InChI is InChI=1S/C23H28ClN9O3/c1-14-19(26-15(2)24)27-22(36-14)32-9-7-31(8-10-32)21(34)16-11-17(35-6)18(25-12-16)20-28-30-33(29-20)13-23(3,4)5/h11-12H,1-2,7-10,13H2,3-6H3/b26-19+. The summed E-state index contributed by atoms with van der Waals surface area (Å²) >= 11 is 5.73. The summed E-state index contributed by atoms with van der Waals surface area (Å²) in [7, 11) is 1.51. The van der Waals surface area contributed by atoms with Crippen LogP contribution in [0.5, 0.6) is 5.75 Å². The summed E-state index contributed by atoms with van der Waals surface area (Å²) in [5.41, 5.74) is 0.826. The van der Waals surface area contributed by atoms with Gasteiger partial charge in [-0.1, -0.05) is 45.5 Å². The number of carbonyl (C=O) groups excluding carboxylic acids is 1. The molecule has 0 saturated carbocycles. The van der Waals surface area contributed by atoms with Crippen LogP contribution in [0, 0.1) is 5.41 Å². The SMILES string of the molecule is C=C(Cl)/N=C1/N=C(N2CCN(C(=O)c3cnc(-c4nnn(CC(C)(C)C)n4)c(OC)c3)CC2)OC1=C. The van der Waals surface area contributed by atoms with Gasteiger partial charge in [0.1, 0.15) is 10.9 Å². The molecule has 0 bridgehead atoms. The fraction of sp³-hybridized carbons (Fsp3) is 0.435. The molecule has 2 aromatic rings. The second-order valence-corrected chi connectivity index (χ2v) is 9.93. The Balaban J connectivity index is 1.43. The number of pyridine rings is 1. The molecule has 0 atom stereocenters. The van der Waals surface area contributed by atoms with Crippen LogP contribution < -0.4 is 4.74 Å². The number of methoxy groups -OCH3 is 1.